The van der Waals surface area contributed by atoms with Gasteiger partial charge in [-0.05, 0) is 50.6 Å². The lowest BCUT2D eigenvalue weighted by Gasteiger charge is -2.24. The van der Waals surface area contributed by atoms with E-state index < -0.39 is 5.82 Å². The van der Waals surface area contributed by atoms with Crippen molar-refractivity contribution in [3.05, 3.63) is 58.4 Å². The number of aliphatic hydroxyl groups excluding tert-OH is 1. The third-order valence-electron chi connectivity index (χ3n) is 3.91. The van der Waals surface area contributed by atoms with E-state index in [9.17, 15) is 9.50 Å². The lowest BCUT2D eigenvalue weighted by atomic mass is 10.1. The molecule has 142 valence electrons. The second kappa shape index (κ2) is 9.21. The third kappa shape index (κ3) is 5.59. The average molecular weight is 382 g/mol. The van der Waals surface area contributed by atoms with Crippen LogP contribution in [-0.4, -0.2) is 23.9 Å². The summed E-state index contributed by atoms with van der Waals surface area (Å²) in [5.74, 6) is 0.708. The molecule has 0 amide bonds. The second-order valence-electron chi connectivity index (χ2n) is 6.60. The fourth-order valence-electron chi connectivity index (χ4n) is 2.27. The van der Waals surface area contributed by atoms with Crippen LogP contribution >= 0.6 is 11.6 Å². The standard InChI is InChI=1S/C20H25ClFNO3/c1-4-25-19-10-14(11-23-20(2,3)13-24)8-9-18(19)26-12-15-16(21)6-5-7-17(15)22/h5-10,23-24H,4,11-13H2,1-3H3. The third-order valence-corrected chi connectivity index (χ3v) is 4.26. The van der Waals surface area contributed by atoms with E-state index >= 15 is 0 Å². The molecule has 0 spiro atoms. The highest BCUT2D eigenvalue weighted by atomic mass is 35.5. The summed E-state index contributed by atoms with van der Waals surface area (Å²) < 4.78 is 25.3. The Hall–Kier alpha value is -1.82. The molecule has 4 nitrogen and oxygen atoms in total. The van der Waals surface area contributed by atoms with Gasteiger partial charge in [-0.2, -0.15) is 0 Å². The Morgan fingerprint density at radius 3 is 2.58 bits per heavy atom. The van der Waals surface area contributed by atoms with Gasteiger partial charge in [0.25, 0.3) is 0 Å². The molecule has 0 atom stereocenters. The molecule has 0 heterocycles. The number of benzene rings is 2. The van der Waals surface area contributed by atoms with Gasteiger partial charge in [-0.15, -0.1) is 0 Å². The number of rotatable bonds is 9. The Kier molecular flexibility index (Phi) is 7.26. The van der Waals surface area contributed by atoms with Crippen LogP contribution in [0.3, 0.4) is 0 Å². The predicted molar refractivity (Wildman–Crippen MR) is 101 cm³/mol. The molecule has 2 N–H and O–H groups in total. The fourth-order valence-corrected chi connectivity index (χ4v) is 2.48. The highest BCUT2D eigenvalue weighted by molar-refractivity contribution is 6.31. The van der Waals surface area contributed by atoms with E-state index in [-0.39, 0.29) is 18.8 Å². The largest absolute Gasteiger partial charge is 0.490 e. The van der Waals surface area contributed by atoms with Gasteiger partial charge in [-0.1, -0.05) is 23.7 Å². The molecule has 2 aromatic carbocycles. The monoisotopic (exact) mass is 381 g/mol. The molecule has 0 bridgehead atoms. The van der Waals surface area contributed by atoms with Gasteiger partial charge < -0.3 is 19.9 Å². The second-order valence-corrected chi connectivity index (χ2v) is 7.01. The Balaban J connectivity index is 2.13. The highest BCUT2D eigenvalue weighted by Gasteiger charge is 2.16. The Morgan fingerprint density at radius 1 is 1.15 bits per heavy atom. The van der Waals surface area contributed by atoms with Crippen LogP contribution in [0.4, 0.5) is 4.39 Å². The molecule has 2 rings (SSSR count). The Morgan fingerprint density at radius 2 is 1.92 bits per heavy atom. The molecular formula is C20H25ClFNO3. The van der Waals surface area contributed by atoms with Crippen molar-refractivity contribution in [2.24, 2.45) is 0 Å². The molecule has 0 aliphatic heterocycles. The summed E-state index contributed by atoms with van der Waals surface area (Å²) in [6, 6.07) is 10.1. The van der Waals surface area contributed by atoms with Gasteiger partial charge >= 0.3 is 0 Å². The normalized spacial score (nSPS) is 11.5. The van der Waals surface area contributed by atoms with E-state index in [1.165, 1.54) is 6.07 Å². The van der Waals surface area contributed by atoms with E-state index in [1.54, 1.807) is 18.2 Å². The molecule has 0 aliphatic carbocycles. The zero-order valence-corrected chi connectivity index (χ0v) is 16.1. The molecule has 2 aromatic rings. The maximum absolute atomic E-state index is 13.9. The van der Waals surface area contributed by atoms with Crippen molar-refractivity contribution in [1.82, 2.24) is 5.32 Å². The van der Waals surface area contributed by atoms with Crippen LogP contribution < -0.4 is 14.8 Å². The number of aliphatic hydroxyl groups is 1. The smallest absolute Gasteiger partial charge is 0.161 e. The minimum atomic E-state index is -0.400. The highest BCUT2D eigenvalue weighted by Crippen LogP contribution is 2.30. The van der Waals surface area contributed by atoms with Gasteiger partial charge in [0, 0.05) is 17.6 Å². The fraction of sp³-hybridized carbons (Fsp3) is 0.400. The lowest BCUT2D eigenvalue weighted by Crippen LogP contribution is -2.42. The number of hydrogen-bond donors (Lipinski definition) is 2. The van der Waals surface area contributed by atoms with Crippen molar-refractivity contribution < 1.29 is 19.0 Å². The summed E-state index contributed by atoms with van der Waals surface area (Å²) in [4.78, 5) is 0. The maximum Gasteiger partial charge on any atom is 0.161 e. The van der Waals surface area contributed by atoms with Crippen molar-refractivity contribution in [2.45, 2.75) is 39.5 Å². The molecule has 26 heavy (non-hydrogen) atoms. The SMILES string of the molecule is CCOc1cc(CNC(C)(C)CO)ccc1OCc1c(F)cccc1Cl. The zero-order valence-electron chi connectivity index (χ0n) is 15.3. The van der Waals surface area contributed by atoms with Crippen LogP contribution in [-0.2, 0) is 13.2 Å². The molecule has 0 aliphatic rings. The van der Waals surface area contributed by atoms with E-state index in [0.717, 1.165) is 5.56 Å². The molecule has 0 fully saturated rings. The first-order valence-electron chi connectivity index (χ1n) is 8.53. The molecular weight excluding hydrogens is 357 g/mol. The summed E-state index contributed by atoms with van der Waals surface area (Å²) in [5.41, 5.74) is 0.931. The van der Waals surface area contributed by atoms with Crippen molar-refractivity contribution in [3.63, 3.8) is 0 Å². The Bertz CT molecular complexity index is 717. The van der Waals surface area contributed by atoms with Crippen LogP contribution in [0.25, 0.3) is 0 Å². The average Bonchev–Trinajstić information content (AvgIpc) is 2.61. The summed E-state index contributed by atoms with van der Waals surface area (Å²) in [5, 5.41) is 12.9. The zero-order chi connectivity index (χ0) is 19.2. The minimum absolute atomic E-state index is 0.0146. The molecule has 0 saturated heterocycles. The van der Waals surface area contributed by atoms with Crippen molar-refractivity contribution in [2.75, 3.05) is 13.2 Å². The lowest BCUT2D eigenvalue weighted by molar-refractivity contribution is 0.187. The van der Waals surface area contributed by atoms with E-state index in [0.29, 0.717) is 35.2 Å². The summed E-state index contributed by atoms with van der Waals surface area (Å²) in [6.45, 7) is 6.84. The van der Waals surface area contributed by atoms with Gasteiger partial charge in [0.15, 0.2) is 11.5 Å². The van der Waals surface area contributed by atoms with Crippen LogP contribution in [0.2, 0.25) is 5.02 Å². The number of ether oxygens (including phenoxy) is 2. The first-order valence-corrected chi connectivity index (χ1v) is 8.91. The van der Waals surface area contributed by atoms with Crippen molar-refractivity contribution in [3.8, 4) is 11.5 Å². The van der Waals surface area contributed by atoms with E-state index in [4.69, 9.17) is 21.1 Å². The van der Waals surface area contributed by atoms with Gasteiger partial charge in [0.05, 0.1) is 18.2 Å². The van der Waals surface area contributed by atoms with Crippen molar-refractivity contribution in [1.29, 1.82) is 0 Å². The van der Waals surface area contributed by atoms with Gasteiger partial charge in [-0.25, -0.2) is 4.39 Å². The van der Waals surface area contributed by atoms with Crippen molar-refractivity contribution >= 4 is 11.6 Å². The number of hydrogen-bond acceptors (Lipinski definition) is 4. The van der Waals surface area contributed by atoms with Crippen LogP contribution in [0.15, 0.2) is 36.4 Å². The summed E-state index contributed by atoms with van der Waals surface area (Å²) >= 11 is 6.04. The first kappa shape index (κ1) is 20.5. The summed E-state index contributed by atoms with van der Waals surface area (Å²) in [7, 11) is 0. The quantitative estimate of drug-likeness (QED) is 0.679. The van der Waals surface area contributed by atoms with Gasteiger partial charge in [-0.3, -0.25) is 0 Å². The van der Waals surface area contributed by atoms with E-state index in [1.807, 2.05) is 32.9 Å². The molecule has 0 radical (unpaired) electrons. The predicted octanol–water partition coefficient (Wildman–Crippen LogP) is 4.32. The maximum atomic E-state index is 13.9. The van der Waals surface area contributed by atoms with Crippen LogP contribution in [0.5, 0.6) is 11.5 Å². The minimum Gasteiger partial charge on any atom is -0.490 e. The number of nitrogens with one attached hydrogen (secondary N) is 1. The molecule has 0 saturated carbocycles. The van der Waals surface area contributed by atoms with Gasteiger partial charge in [0.1, 0.15) is 12.4 Å². The molecule has 6 heteroatoms. The van der Waals surface area contributed by atoms with Crippen LogP contribution in [0.1, 0.15) is 31.9 Å². The van der Waals surface area contributed by atoms with E-state index in [2.05, 4.69) is 5.32 Å². The molecule has 0 unspecified atom stereocenters. The first-order chi connectivity index (χ1) is 12.4. The molecule has 0 aromatic heterocycles. The Labute approximate surface area is 158 Å². The van der Waals surface area contributed by atoms with Gasteiger partial charge in [0.2, 0.25) is 0 Å². The number of halogens is 2. The van der Waals surface area contributed by atoms with Crippen LogP contribution in [0, 0.1) is 5.82 Å². The summed E-state index contributed by atoms with van der Waals surface area (Å²) in [6.07, 6.45) is 0. The topological polar surface area (TPSA) is 50.7 Å².